The zero-order valence-electron chi connectivity index (χ0n) is 8.55. The van der Waals surface area contributed by atoms with Crippen molar-refractivity contribution in [3.05, 3.63) is 21.9 Å². The number of nitrogens with one attached hydrogen (secondary N) is 4. The summed E-state index contributed by atoms with van der Waals surface area (Å²) in [6, 6.07) is 4.17. The summed E-state index contributed by atoms with van der Waals surface area (Å²) in [5.41, 5.74) is 5.07. The number of hydrogen-bond donors (Lipinski definition) is 5. The van der Waals surface area contributed by atoms with Gasteiger partial charge in [-0.25, -0.2) is 0 Å². The Hall–Kier alpha value is -1.56. The highest BCUT2D eigenvalue weighted by Gasteiger charge is 1.98. The highest BCUT2D eigenvalue weighted by molar-refractivity contribution is 7.11. The molecule has 1 aromatic heterocycles. The van der Waals surface area contributed by atoms with Gasteiger partial charge in [0.2, 0.25) is 0 Å². The van der Waals surface area contributed by atoms with E-state index in [0.717, 1.165) is 6.42 Å². The van der Waals surface area contributed by atoms with Crippen molar-refractivity contribution in [1.82, 2.24) is 10.6 Å². The summed E-state index contributed by atoms with van der Waals surface area (Å²) in [6.07, 6.45) is 0.875. The molecule has 0 aromatic carbocycles. The van der Waals surface area contributed by atoms with Crippen molar-refractivity contribution in [2.45, 2.75) is 13.3 Å². The monoisotopic (exact) mass is 225 g/mol. The fourth-order valence-corrected chi connectivity index (χ4v) is 2.00. The second-order valence-electron chi connectivity index (χ2n) is 3.10. The van der Waals surface area contributed by atoms with Crippen molar-refractivity contribution < 1.29 is 0 Å². The molecule has 0 saturated heterocycles. The van der Waals surface area contributed by atoms with Crippen molar-refractivity contribution in [3.8, 4) is 0 Å². The number of nitrogens with two attached hydrogens (primary N) is 1. The molecule has 0 unspecified atom stereocenters. The molecular weight excluding hydrogens is 210 g/mol. The fourth-order valence-electron chi connectivity index (χ4n) is 1.11. The van der Waals surface area contributed by atoms with Gasteiger partial charge in [0.25, 0.3) is 0 Å². The van der Waals surface area contributed by atoms with E-state index in [1.54, 1.807) is 11.3 Å². The molecule has 0 bridgehead atoms. The highest BCUT2D eigenvalue weighted by atomic mass is 32.1. The minimum atomic E-state index is -0.223. The quantitative estimate of drug-likeness (QED) is 0.385. The van der Waals surface area contributed by atoms with E-state index in [1.165, 1.54) is 9.75 Å². The Balaban J connectivity index is 2.22. The molecule has 6 heteroatoms. The van der Waals surface area contributed by atoms with E-state index < -0.39 is 0 Å². The molecule has 0 saturated carbocycles. The number of guanidine groups is 2. The minimum Gasteiger partial charge on any atom is -0.370 e. The van der Waals surface area contributed by atoms with E-state index in [-0.39, 0.29) is 11.9 Å². The molecule has 0 amide bonds. The van der Waals surface area contributed by atoms with Gasteiger partial charge in [-0.15, -0.1) is 11.3 Å². The van der Waals surface area contributed by atoms with Crippen LogP contribution in [0.1, 0.15) is 9.75 Å². The lowest BCUT2D eigenvalue weighted by Gasteiger charge is -2.07. The van der Waals surface area contributed by atoms with Crippen LogP contribution in [0.2, 0.25) is 0 Å². The van der Waals surface area contributed by atoms with Gasteiger partial charge in [-0.1, -0.05) is 0 Å². The molecule has 0 radical (unpaired) electrons. The Morgan fingerprint density at radius 1 is 1.47 bits per heavy atom. The summed E-state index contributed by atoms with van der Waals surface area (Å²) >= 11 is 1.76. The van der Waals surface area contributed by atoms with Crippen molar-refractivity contribution in [1.29, 1.82) is 10.8 Å². The molecule has 0 fully saturated rings. The summed E-state index contributed by atoms with van der Waals surface area (Å²) in [5, 5.41) is 19.5. The van der Waals surface area contributed by atoms with Gasteiger partial charge in [-0.2, -0.15) is 0 Å². The molecule has 1 heterocycles. The molecule has 82 valence electrons. The van der Waals surface area contributed by atoms with E-state index in [1.807, 2.05) is 0 Å². The van der Waals surface area contributed by atoms with Gasteiger partial charge in [0.05, 0.1) is 0 Å². The van der Waals surface area contributed by atoms with Crippen LogP contribution in [0.4, 0.5) is 0 Å². The van der Waals surface area contributed by atoms with Crippen LogP contribution in [-0.4, -0.2) is 18.5 Å². The Morgan fingerprint density at radius 2 is 2.20 bits per heavy atom. The standard InChI is InChI=1S/C9H15N5S/c1-6-2-3-7(15-6)4-5-13-9(12)14-8(10)11/h2-3H,4-5H2,1H3,(H6,10,11,12,13,14). The van der Waals surface area contributed by atoms with Crippen molar-refractivity contribution in [2.24, 2.45) is 5.73 Å². The molecule has 0 aliphatic carbocycles. The van der Waals surface area contributed by atoms with Crippen LogP contribution in [0.25, 0.3) is 0 Å². The van der Waals surface area contributed by atoms with Gasteiger partial charge in [0.15, 0.2) is 11.9 Å². The van der Waals surface area contributed by atoms with Crippen LogP contribution in [0.5, 0.6) is 0 Å². The van der Waals surface area contributed by atoms with Gasteiger partial charge in [0, 0.05) is 16.3 Å². The first-order valence-electron chi connectivity index (χ1n) is 4.56. The Bertz CT molecular complexity index is 357. The average Bonchev–Trinajstić information content (AvgIpc) is 2.50. The lowest BCUT2D eigenvalue weighted by atomic mass is 10.3. The molecule has 0 aliphatic heterocycles. The highest BCUT2D eigenvalue weighted by Crippen LogP contribution is 2.14. The van der Waals surface area contributed by atoms with E-state index in [4.69, 9.17) is 16.6 Å². The number of hydrogen-bond acceptors (Lipinski definition) is 3. The molecule has 1 aromatic rings. The third kappa shape index (κ3) is 4.46. The van der Waals surface area contributed by atoms with Crippen LogP contribution in [0.15, 0.2) is 12.1 Å². The second kappa shape index (κ2) is 5.35. The fraction of sp³-hybridized carbons (Fsp3) is 0.333. The lowest BCUT2D eigenvalue weighted by molar-refractivity contribution is 0.850. The van der Waals surface area contributed by atoms with E-state index in [2.05, 4.69) is 29.7 Å². The van der Waals surface area contributed by atoms with Crippen LogP contribution in [0, 0.1) is 17.7 Å². The average molecular weight is 225 g/mol. The van der Waals surface area contributed by atoms with Gasteiger partial charge < -0.3 is 11.1 Å². The summed E-state index contributed by atoms with van der Waals surface area (Å²) in [4.78, 5) is 2.58. The number of thiophene rings is 1. The molecule has 6 N–H and O–H groups in total. The molecule has 15 heavy (non-hydrogen) atoms. The zero-order chi connectivity index (χ0) is 11.3. The summed E-state index contributed by atoms with van der Waals surface area (Å²) in [7, 11) is 0. The Kier molecular flexibility index (Phi) is 4.11. The molecule has 0 aliphatic rings. The summed E-state index contributed by atoms with van der Waals surface area (Å²) in [5.74, 6) is -0.157. The molecule has 1 rings (SSSR count). The molecule has 0 atom stereocenters. The Morgan fingerprint density at radius 3 is 2.73 bits per heavy atom. The third-order valence-electron chi connectivity index (χ3n) is 1.73. The van der Waals surface area contributed by atoms with Crippen LogP contribution < -0.4 is 16.4 Å². The van der Waals surface area contributed by atoms with Crippen LogP contribution in [-0.2, 0) is 6.42 Å². The van der Waals surface area contributed by atoms with Gasteiger partial charge in [0.1, 0.15) is 0 Å². The van der Waals surface area contributed by atoms with Gasteiger partial charge in [-0.3, -0.25) is 16.1 Å². The van der Waals surface area contributed by atoms with E-state index in [9.17, 15) is 0 Å². The van der Waals surface area contributed by atoms with Gasteiger partial charge in [-0.05, 0) is 25.5 Å². The van der Waals surface area contributed by atoms with Crippen molar-refractivity contribution >= 4 is 23.3 Å². The predicted molar refractivity (Wildman–Crippen MR) is 63.5 cm³/mol. The van der Waals surface area contributed by atoms with E-state index >= 15 is 0 Å². The van der Waals surface area contributed by atoms with Crippen molar-refractivity contribution in [3.63, 3.8) is 0 Å². The van der Waals surface area contributed by atoms with Crippen LogP contribution >= 0.6 is 11.3 Å². The van der Waals surface area contributed by atoms with Gasteiger partial charge >= 0.3 is 0 Å². The number of rotatable bonds is 3. The maximum atomic E-state index is 7.35. The summed E-state index contributed by atoms with van der Waals surface area (Å²) in [6.45, 7) is 2.74. The molecule has 0 spiro atoms. The first-order valence-corrected chi connectivity index (χ1v) is 5.38. The maximum absolute atomic E-state index is 7.35. The first-order chi connectivity index (χ1) is 7.08. The molecule has 5 nitrogen and oxygen atoms in total. The maximum Gasteiger partial charge on any atom is 0.195 e. The third-order valence-corrected chi connectivity index (χ3v) is 2.79. The van der Waals surface area contributed by atoms with Crippen LogP contribution in [0.3, 0.4) is 0 Å². The largest absolute Gasteiger partial charge is 0.370 e. The molecular formula is C9H15N5S. The lowest BCUT2D eigenvalue weighted by Crippen LogP contribution is -2.43. The predicted octanol–water partition coefficient (Wildman–Crippen LogP) is 0.606. The normalized spacial score (nSPS) is 9.67. The van der Waals surface area contributed by atoms with E-state index in [0.29, 0.717) is 6.54 Å². The first kappa shape index (κ1) is 11.5. The second-order valence-corrected chi connectivity index (χ2v) is 4.48. The smallest absolute Gasteiger partial charge is 0.195 e. The zero-order valence-corrected chi connectivity index (χ0v) is 9.37. The number of aryl methyl sites for hydroxylation is 1. The SMILES string of the molecule is Cc1ccc(CCNC(=N)NC(=N)N)s1. The Labute approximate surface area is 92.7 Å². The minimum absolute atomic E-state index is 0.0655. The topological polar surface area (TPSA) is 97.8 Å². The summed E-state index contributed by atoms with van der Waals surface area (Å²) < 4.78 is 0. The van der Waals surface area contributed by atoms with Crippen molar-refractivity contribution in [2.75, 3.05) is 6.54 Å².